The van der Waals surface area contributed by atoms with Gasteiger partial charge in [0.15, 0.2) is 5.82 Å². The van der Waals surface area contributed by atoms with Crippen molar-refractivity contribution < 1.29 is 4.39 Å². The van der Waals surface area contributed by atoms with E-state index in [1.165, 1.54) is 12.1 Å². The number of nitrogen functional groups attached to an aromatic ring is 1. The van der Waals surface area contributed by atoms with E-state index < -0.39 is 5.82 Å². The second-order valence-corrected chi connectivity index (χ2v) is 1.33. The minimum atomic E-state index is -0.487. The van der Waals surface area contributed by atoms with Crippen LogP contribution < -0.4 is 5.73 Å². The van der Waals surface area contributed by atoms with E-state index in [-0.39, 0.29) is 5.82 Å². The van der Waals surface area contributed by atoms with Gasteiger partial charge in [0.2, 0.25) is 0 Å². The molecule has 0 amide bonds. The van der Waals surface area contributed by atoms with Gasteiger partial charge in [-0.25, -0.2) is 9.37 Å². The van der Waals surface area contributed by atoms with Gasteiger partial charge in [0, 0.05) is 0 Å². The molecule has 0 atom stereocenters. The lowest BCUT2D eigenvalue weighted by Crippen LogP contribution is -1.88. The highest BCUT2D eigenvalue weighted by Gasteiger charge is 1.86. The summed E-state index contributed by atoms with van der Waals surface area (Å²) in [5.74, 6) is -0.203. The van der Waals surface area contributed by atoms with Crippen molar-refractivity contribution in [3.8, 4) is 0 Å². The number of hydrogen-bond donors (Lipinski definition) is 1. The van der Waals surface area contributed by atoms with Crippen LogP contribution in [0.5, 0.6) is 0 Å². The standard InChI is InChI=1S/C5H4FN2/c6-4-1-2-5(7)8-3-4/h1-2H,(H2,7,8). The average molecular weight is 111 g/mol. The van der Waals surface area contributed by atoms with Gasteiger partial charge in [0.25, 0.3) is 0 Å². The van der Waals surface area contributed by atoms with Gasteiger partial charge in [0.1, 0.15) is 12.0 Å². The maximum atomic E-state index is 11.9. The number of aromatic nitrogens is 1. The van der Waals surface area contributed by atoms with Crippen LogP contribution in [0.15, 0.2) is 12.1 Å². The molecule has 0 spiro atoms. The summed E-state index contributed by atoms with van der Waals surface area (Å²) < 4.78 is 11.9. The number of rotatable bonds is 0. The van der Waals surface area contributed by atoms with E-state index >= 15 is 0 Å². The van der Waals surface area contributed by atoms with Crippen molar-refractivity contribution in [3.05, 3.63) is 24.1 Å². The molecular formula is C5H4FN2. The Hall–Kier alpha value is -1.12. The molecule has 8 heavy (non-hydrogen) atoms. The predicted molar refractivity (Wildman–Crippen MR) is 27.4 cm³/mol. The van der Waals surface area contributed by atoms with Crippen LogP contribution >= 0.6 is 0 Å². The summed E-state index contributed by atoms with van der Waals surface area (Å²) in [6.07, 6.45) is 2.06. The molecule has 0 bridgehead atoms. The Bertz CT molecular complexity index is 149. The first kappa shape index (κ1) is 5.03. The van der Waals surface area contributed by atoms with Gasteiger partial charge >= 0.3 is 0 Å². The molecule has 2 N–H and O–H groups in total. The van der Waals surface area contributed by atoms with E-state index in [2.05, 4.69) is 11.2 Å². The van der Waals surface area contributed by atoms with E-state index in [1.54, 1.807) is 0 Å². The van der Waals surface area contributed by atoms with Crippen molar-refractivity contribution in [2.24, 2.45) is 0 Å². The largest absolute Gasteiger partial charge is 0.384 e. The number of nitrogens with two attached hydrogens (primary N) is 1. The van der Waals surface area contributed by atoms with Crippen LogP contribution in [0.1, 0.15) is 0 Å². The Morgan fingerprint density at radius 1 is 1.62 bits per heavy atom. The summed E-state index contributed by atoms with van der Waals surface area (Å²) in [6.45, 7) is 0. The lowest BCUT2D eigenvalue weighted by atomic mass is 10.5. The first-order chi connectivity index (χ1) is 3.79. The van der Waals surface area contributed by atoms with Crippen LogP contribution in [-0.4, -0.2) is 4.98 Å². The molecule has 3 heteroatoms. The minimum Gasteiger partial charge on any atom is -0.384 e. The lowest BCUT2D eigenvalue weighted by molar-refractivity contribution is 0.619. The predicted octanol–water partition coefficient (Wildman–Crippen LogP) is 0.603. The Balaban J connectivity index is 3.03. The van der Waals surface area contributed by atoms with Gasteiger partial charge in [-0.1, -0.05) is 0 Å². The summed E-state index contributed by atoms with van der Waals surface area (Å²) >= 11 is 0. The molecule has 1 heterocycles. The Morgan fingerprint density at radius 2 is 2.38 bits per heavy atom. The average Bonchev–Trinajstić information content (AvgIpc) is 1.77. The first-order valence-electron chi connectivity index (χ1n) is 2.09. The number of hydrogen-bond acceptors (Lipinski definition) is 2. The van der Waals surface area contributed by atoms with Crippen LogP contribution in [0, 0.1) is 12.0 Å². The van der Waals surface area contributed by atoms with Crippen LogP contribution in [0.25, 0.3) is 0 Å². The highest BCUT2D eigenvalue weighted by atomic mass is 19.1. The molecule has 1 aromatic heterocycles. The van der Waals surface area contributed by atoms with Crippen molar-refractivity contribution >= 4 is 5.82 Å². The zero-order chi connectivity index (χ0) is 5.98. The van der Waals surface area contributed by atoms with Crippen molar-refractivity contribution in [1.29, 1.82) is 0 Å². The van der Waals surface area contributed by atoms with Gasteiger partial charge in [-0.15, -0.1) is 0 Å². The van der Waals surface area contributed by atoms with Crippen LogP contribution in [-0.2, 0) is 0 Å². The molecule has 1 rings (SSSR count). The monoisotopic (exact) mass is 111 g/mol. The molecule has 0 aliphatic carbocycles. The van der Waals surface area contributed by atoms with Crippen molar-refractivity contribution in [2.75, 3.05) is 5.73 Å². The summed E-state index contributed by atoms with van der Waals surface area (Å²) in [7, 11) is 0. The third-order valence-electron chi connectivity index (χ3n) is 0.692. The molecule has 0 fully saturated rings. The van der Waals surface area contributed by atoms with Crippen molar-refractivity contribution in [2.45, 2.75) is 0 Å². The number of halogens is 1. The highest BCUT2D eigenvalue weighted by molar-refractivity contribution is 5.25. The quantitative estimate of drug-likeness (QED) is 0.532. The van der Waals surface area contributed by atoms with Gasteiger partial charge in [-0.3, -0.25) is 0 Å². The maximum absolute atomic E-state index is 11.9. The Morgan fingerprint density at radius 3 is 2.75 bits per heavy atom. The second kappa shape index (κ2) is 1.78. The van der Waals surface area contributed by atoms with Gasteiger partial charge in [-0.05, 0) is 12.1 Å². The zero-order valence-electron chi connectivity index (χ0n) is 4.06. The Kier molecular flexibility index (Phi) is 1.12. The molecule has 0 aliphatic rings. The fraction of sp³-hybridized carbons (Fsp3) is 0. The van der Waals surface area contributed by atoms with E-state index in [0.29, 0.717) is 0 Å². The molecule has 0 aromatic carbocycles. The van der Waals surface area contributed by atoms with Crippen LogP contribution in [0.3, 0.4) is 0 Å². The van der Waals surface area contributed by atoms with Crippen molar-refractivity contribution in [3.63, 3.8) is 0 Å². The van der Waals surface area contributed by atoms with Crippen LogP contribution in [0.4, 0.5) is 10.2 Å². The third kappa shape index (κ3) is 0.932. The topological polar surface area (TPSA) is 38.9 Å². The molecular weight excluding hydrogens is 107 g/mol. The van der Waals surface area contributed by atoms with E-state index in [9.17, 15) is 4.39 Å². The van der Waals surface area contributed by atoms with E-state index in [1.807, 2.05) is 0 Å². The van der Waals surface area contributed by atoms with Gasteiger partial charge < -0.3 is 5.73 Å². The zero-order valence-corrected chi connectivity index (χ0v) is 4.06. The second-order valence-electron chi connectivity index (χ2n) is 1.33. The minimum absolute atomic E-state index is 0.284. The lowest BCUT2D eigenvalue weighted by Gasteiger charge is -1.85. The molecule has 41 valence electrons. The normalized spacial score (nSPS) is 9.12. The van der Waals surface area contributed by atoms with Crippen LogP contribution in [0.2, 0.25) is 0 Å². The van der Waals surface area contributed by atoms with E-state index in [0.717, 1.165) is 0 Å². The molecule has 0 saturated carbocycles. The molecule has 1 radical (unpaired) electrons. The molecule has 1 aromatic rings. The molecule has 0 aliphatic heterocycles. The summed E-state index contributed by atoms with van der Waals surface area (Å²) in [5.41, 5.74) is 5.12. The number of nitrogens with zero attached hydrogens (tertiary/aromatic N) is 1. The van der Waals surface area contributed by atoms with Gasteiger partial charge in [-0.2, -0.15) is 0 Å². The molecule has 0 unspecified atom stereocenters. The summed E-state index contributed by atoms with van der Waals surface area (Å²) in [6, 6.07) is 2.59. The number of anilines is 1. The molecule has 2 nitrogen and oxygen atoms in total. The Labute approximate surface area is 46.2 Å². The summed E-state index contributed by atoms with van der Waals surface area (Å²) in [5, 5.41) is 0. The van der Waals surface area contributed by atoms with Crippen molar-refractivity contribution in [1.82, 2.24) is 4.98 Å². The highest BCUT2D eigenvalue weighted by Crippen LogP contribution is 1.95. The smallest absolute Gasteiger partial charge is 0.151 e. The third-order valence-corrected chi connectivity index (χ3v) is 0.692. The summed E-state index contributed by atoms with van der Waals surface area (Å²) in [4.78, 5) is 3.36. The molecule has 0 saturated heterocycles. The SMILES string of the molecule is Nc1ccc(F)[c]n1. The fourth-order valence-corrected chi connectivity index (χ4v) is 0.351. The first-order valence-corrected chi connectivity index (χ1v) is 2.09. The van der Waals surface area contributed by atoms with Gasteiger partial charge in [0.05, 0.1) is 0 Å². The maximum Gasteiger partial charge on any atom is 0.151 e. The van der Waals surface area contributed by atoms with E-state index in [4.69, 9.17) is 5.73 Å². The number of pyridine rings is 1. The fourth-order valence-electron chi connectivity index (χ4n) is 0.351.